The highest BCUT2D eigenvalue weighted by Crippen LogP contribution is 2.12. The maximum Gasteiger partial charge on any atom is 0.00277 e. The Hall–Kier alpha value is -0.720. The lowest BCUT2D eigenvalue weighted by atomic mass is 10.0. The van der Waals surface area contributed by atoms with Gasteiger partial charge in [0.25, 0.3) is 0 Å². The Balaban J connectivity index is 3.02. The SMILES string of the molecule is CCCCCCCCCCCCCCC=CC=CNC. The number of rotatable bonds is 15. The molecule has 0 saturated heterocycles. The van der Waals surface area contributed by atoms with Crippen molar-refractivity contribution in [1.29, 1.82) is 0 Å². The van der Waals surface area contributed by atoms with Crippen molar-refractivity contribution in [3.8, 4) is 0 Å². The van der Waals surface area contributed by atoms with Gasteiger partial charge in [0.1, 0.15) is 0 Å². The van der Waals surface area contributed by atoms with E-state index >= 15 is 0 Å². The summed E-state index contributed by atoms with van der Waals surface area (Å²) < 4.78 is 0. The summed E-state index contributed by atoms with van der Waals surface area (Å²) in [4.78, 5) is 0. The lowest BCUT2D eigenvalue weighted by Gasteiger charge is -2.02. The molecule has 0 fully saturated rings. The first-order valence-corrected chi connectivity index (χ1v) is 8.90. The molecule has 0 aliphatic heterocycles. The third kappa shape index (κ3) is 17.3. The van der Waals surface area contributed by atoms with Gasteiger partial charge in [-0.05, 0) is 25.1 Å². The molecule has 0 amide bonds. The van der Waals surface area contributed by atoms with E-state index in [4.69, 9.17) is 0 Å². The van der Waals surface area contributed by atoms with Crippen LogP contribution >= 0.6 is 0 Å². The van der Waals surface area contributed by atoms with Crippen LogP contribution in [0.4, 0.5) is 0 Å². The minimum absolute atomic E-state index is 1.23. The van der Waals surface area contributed by atoms with Gasteiger partial charge < -0.3 is 5.32 Å². The Bertz CT molecular complexity index is 218. The fourth-order valence-electron chi connectivity index (χ4n) is 2.43. The second kappa shape index (κ2) is 18.3. The van der Waals surface area contributed by atoms with E-state index in [-0.39, 0.29) is 0 Å². The van der Waals surface area contributed by atoms with Crippen molar-refractivity contribution in [3.63, 3.8) is 0 Å². The van der Waals surface area contributed by atoms with Gasteiger partial charge in [-0.2, -0.15) is 0 Å². The first-order valence-electron chi connectivity index (χ1n) is 8.90. The van der Waals surface area contributed by atoms with E-state index in [2.05, 4.69) is 30.5 Å². The number of nitrogens with one attached hydrogen (secondary N) is 1. The van der Waals surface area contributed by atoms with E-state index in [0.717, 1.165) is 0 Å². The molecule has 0 aliphatic carbocycles. The molecule has 118 valence electrons. The van der Waals surface area contributed by atoms with E-state index in [9.17, 15) is 0 Å². The van der Waals surface area contributed by atoms with Gasteiger partial charge in [0.15, 0.2) is 0 Å². The Morgan fingerprint density at radius 1 is 0.650 bits per heavy atom. The van der Waals surface area contributed by atoms with Crippen molar-refractivity contribution in [2.75, 3.05) is 7.05 Å². The van der Waals surface area contributed by atoms with Crippen molar-refractivity contribution < 1.29 is 0 Å². The van der Waals surface area contributed by atoms with Crippen LogP contribution < -0.4 is 5.32 Å². The predicted octanol–water partition coefficient (Wildman–Crippen LogP) is 6.37. The maximum atomic E-state index is 2.99. The Labute approximate surface area is 127 Å². The fraction of sp³-hybridized carbons (Fsp3) is 0.789. The summed E-state index contributed by atoms with van der Waals surface area (Å²) in [6.45, 7) is 2.29. The first-order chi connectivity index (χ1) is 9.91. The Morgan fingerprint density at radius 2 is 1.15 bits per heavy atom. The van der Waals surface area contributed by atoms with Crippen LogP contribution in [0.25, 0.3) is 0 Å². The third-order valence-electron chi connectivity index (χ3n) is 3.73. The van der Waals surface area contributed by atoms with E-state index in [0.29, 0.717) is 0 Å². The first kappa shape index (κ1) is 19.3. The van der Waals surface area contributed by atoms with Gasteiger partial charge in [-0.3, -0.25) is 0 Å². The summed E-state index contributed by atoms with van der Waals surface area (Å²) in [6.07, 6.45) is 26.8. The van der Waals surface area contributed by atoms with E-state index in [1.807, 2.05) is 13.2 Å². The van der Waals surface area contributed by atoms with Gasteiger partial charge in [-0.15, -0.1) is 0 Å². The standard InChI is InChI=1S/C19H37N/c1-3-4-5-6-7-8-9-10-11-12-13-14-15-16-17-18-19-20-2/h16-20H,3-15H2,1-2H3. The highest BCUT2D eigenvalue weighted by atomic mass is 14.8. The molecule has 0 aromatic carbocycles. The minimum atomic E-state index is 1.23. The van der Waals surface area contributed by atoms with Crippen LogP contribution in [0, 0.1) is 0 Å². The summed E-state index contributed by atoms with van der Waals surface area (Å²) >= 11 is 0. The van der Waals surface area contributed by atoms with Crippen molar-refractivity contribution in [2.24, 2.45) is 0 Å². The topological polar surface area (TPSA) is 12.0 Å². The van der Waals surface area contributed by atoms with Crippen LogP contribution in [-0.4, -0.2) is 7.05 Å². The van der Waals surface area contributed by atoms with Crippen LogP contribution in [0.1, 0.15) is 90.4 Å². The van der Waals surface area contributed by atoms with Crippen LogP contribution in [0.3, 0.4) is 0 Å². The summed E-state index contributed by atoms with van der Waals surface area (Å²) in [5.41, 5.74) is 0. The van der Waals surface area contributed by atoms with Crippen molar-refractivity contribution in [2.45, 2.75) is 90.4 Å². The van der Waals surface area contributed by atoms with Crippen LogP contribution in [0.5, 0.6) is 0 Å². The normalized spacial score (nSPS) is 11.7. The van der Waals surface area contributed by atoms with E-state index in [1.54, 1.807) is 0 Å². The van der Waals surface area contributed by atoms with E-state index in [1.165, 1.54) is 83.5 Å². The molecule has 0 atom stereocenters. The summed E-state index contributed by atoms with van der Waals surface area (Å²) in [7, 11) is 1.93. The summed E-state index contributed by atoms with van der Waals surface area (Å²) in [6, 6.07) is 0. The zero-order valence-corrected chi connectivity index (χ0v) is 14.0. The fourth-order valence-corrected chi connectivity index (χ4v) is 2.43. The number of unbranched alkanes of at least 4 members (excludes halogenated alkanes) is 12. The van der Waals surface area contributed by atoms with Gasteiger partial charge in [0.2, 0.25) is 0 Å². The van der Waals surface area contributed by atoms with Crippen LogP contribution in [0.15, 0.2) is 24.4 Å². The van der Waals surface area contributed by atoms with E-state index < -0.39 is 0 Å². The molecule has 20 heavy (non-hydrogen) atoms. The second-order valence-electron chi connectivity index (χ2n) is 5.75. The molecule has 0 radical (unpaired) electrons. The summed E-state index contributed by atoms with van der Waals surface area (Å²) in [5.74, 6) is 0. The molecule has 1 nitrogen and oxygen atoms in total. The second-order valence-corrected chi connectivity index (χ2v) is 5.75. The average molecular weight is 280 g/mol. The quantitative estimate of drug-likeness (QED) is 0.271. The van der Waals surface area contributed by atoms with Gasteiger partial charge >= 0.3 is 0 Å². The molecule has 0 aromatic heterocycles. The highest BCUT2D eigenvalue weighted by molar-refractivity contribution is 5.00. The minimum Gasteiger partial charge on any atom is -0.394 e. The molecule has 0 rings (SSSR count). The summed E-state index contributed by atoms with van der Waals surface area (Å²) in [5, 5.41) is 2.99. The highest BCUT2D eigenvalue weighted by Gasteiger charge is 1.92. The van der Waals surface area contributed by atoms with Gasteiger partial charge in [0, 0.05) is 7.05 Å². The molecular formula is C19H37N. The van der Waals surface area contributed by atoms with Crippen molar-refractivity contribution in [3.05, 3.63) is 24.4 Å². The zero-order valence-electron chi connectivity index (χ0n) is 14.0. The number of allylic oxidation sites excluding steroid dienone is 3. The van der Waals surface area contributed by atoms with Crippen molar-refractivity contribution >= 4 is 0 Å². The molecule has 0 bridgehead atoms. The molecule has 1 N–H and O–H groups in total. The Kier molecular flexibility index (Phi) is 17.6. The lowest BCUT2D eigenvalue weighted by molar-refractivity contribution is 0.545. The molecule has 0 aromatic rings. The number of hydrogen-bond donors (Lipinski definition) is 1. The van der Waals surface area contributed by atoms with Gasteiger partial charge in [0.05, 0.1) is 0 Å². The number of hydrogen-bond acceptors (Lipinski definition) is 1. The molecule has 0 aliphatic rings. The predicted molar refractivity (Wildman–Crippen MR) is 93.0 cm³/mol. The lowest BCUT2D eigenvalue weighted by Crippen LogP contribution is -1.89. The molecule has 0 saturated carbocycles. The van der Waals surface area contributed by atoms with Crippen molar-refractivity contribution in [1.82, 2.24) is 5.32 Å². The van der Waals surface area contributed by atoms with Gasteiger partial charge in [-0.1, -0.05) is 89.7 Å². The third-order valence-corrected chi connectivity index (χ3v) is 3.73. The molecule has 0 heterocycles. The molecule has 0 spiro atoms. The monoisotopic (exact) mass is 279 g/mol. The molecule has 1 heteroatoms. The molecule has 0 unspecified atom stereocenters. The average Bonchev–Trinajstić information content (AvgIpc) is 2.47. The molecular weight excluding hydrogens is 242 g/mol. The van der Waals surface area contributed by atoms with Crippen LogP contribution in [0.2, 0.25) is 0 Å². The largest absolute Gasteiger partial charge is 0.394 e. The Morgan fingerprint density at radius 3 is 1.65 bits per heavy atom. The smallest absolute Gasteiger partial charge is 0.00277 e. The van der Waals surface area contributed by atoms with Crippen LogP contribution in [-0.2, 0) is 0 Å². The zero-order chi connectivity index (χ0) is 14.7. The van der Waals surface area contributed by atoms with Gasteiger partial charge in [-0.25, -0.2) is 0 Å². The maximum absolute atomic E-state index is 2.99.